The van der Waals surface area contributed by atoms with Crippen molar-refractivity contribution >= 4 is 11.9 Å². The van der Waals surface area contributed by atoms with Crippen LogP contribution in [0, 0.1) is 0 Å². The van der Waals surface area contributed by atoms with Gasteiger partial charge in [-0.2, -0.15) is 0 Å². The monoisotopic (exact) mass is 287 g/mol. The fourth-order valence-electron chi connectivity index (χ4n) is 2.51. The molecule has 1 nitrogen and oxygen atoms in total. The summed E-state index contributed by atoms with van der Waals surface area (Å²) in [5.41, 5.74) is 2.55. The highest BCUT2D eigenvalue weighted by Gasteiger charge is 1.94. The first-order valence-electron chi connectivity index (χ1n) is 8.98. The molecule has 0 atom stereocenters. The fourth-order valence-corrected chi connectivity index (χ4v) is 2.51. The zero-order valence-electron chi connectivity index (χ0n) is 14.1. The Bertz CT molecular complexity index is 364. The van der Waals surface area contributed by atoms with Crippen molar-refractivity contribution in [2.24, 2.45) is 4.99 Å². The van der Waals surface area contributed by atoms with Gasteiger partial charge in [-0.1, -0.05) is 70.9 Å². The number of aryl methyl sites for hydroxylation is 1. The Labute approximate surface area is 131 Å². The molecule has 0 aromatic heterocycles. The van der Waals surface area contributed by atoms with Crippen molar-refractivity contribution in [3.8, 4) is 0 Å². The van der Waals surface area contributed by atoms with Crippen molar-refractivity contribution in [1.82, 2.24) is 0 Å². The molecule has 0 aliphatic heterocycles. The minimum atomic E-state index is 1.10. The normalized spacial score (nSPS) is 11.3. The van der Waals surface area contributed by atoms with E-state index in [1.165, 1.54) is 69.8 Å². The first-order valence-corrected chi connectivity index (χ1v) is 8.98. The molecule has 0 aliphatic carbocycles. The average Bonchev–Trinajstić information content (AvgIpc) is 2.52. The lowest BCUT2D eigenvalue weighted by atomic mass is 10.1. The van der Waals surface area contributed by atoms with Gasteiger partial charge >= 0.3 is 0 Å². The van der Waals surface area contributed by atoms with Gasteiger partial charge in [0.05, 0.1) is 5.69 Å². The van der Waals surface area contributed by atoms with Crippen molar-refractivity contribution in [1.29, 1.82) is 0 Å². The van der Waals surface area contributed by atoms with Gasteiger partial charge in [-0.05, 0) is 43.4 Å². The largest absolute Gasteiger partial charge is 0.261 e. The van der Waals surface area contributed by atoms with Crippen molar-refractivity contribution in [2.45, 2.75) is 84.5 Å². The minimum absolute atomic E-state index is 1.10. The molecule has 1 aromatic rings. The smallest absolute Gasteiger partial charge is 0.0625 e. The molecule has 0 bridgehead atoms. The summed E-state index contributed by atoms with van der Waals surface area (Å²) in [6, 6.07) is 8.78. The van der Waals surface area contributed by atoms with Crippen molar-refractivity contribution in [3.63, 3.8) is 0 Å². The lowest BCUT2D eigenvalue weighted by Gasteiger charge is -2.02. The molecule has 0 amide bonds. The van der Waals surface area contributed by atoms with E-state index in [2.05, 4.69) is 49.3 Å². The van der Waals surface area contributed by atoms with Crippen LogP contribution in [0.5, 0.6) is 0 Å². The molecule has 118 valence electrons. The van der Waals surface area contributed by atoms with E-state index >= 15 is 0 Å². The topological polar surface area (TPSA) is 12.4 Å². The summed E-state index contributed by atoms with van der Waals surface area (Å²) in [6.07, 6.45) is 16.4. The Morgan fingerprint density at radius 3 is 2.05 bits per heavy atom. The van der Waals surface area contributed by atoms with Crippen LogP contribution in [0.4, 0.5) is 5.69 Å². The van der Waals surface area contributed by atoms with Gasteiger partial charge in [0.2, 0.25) is 0 Å². The molecule has 0 radical (unpaired) electrons. The zero-order valence-corrected chi connectivity index (χ0v) is 14.1. The highest BCUT2D eigenvalue weighted by molar-refractivity contribution is 5.63. The van der Waals surface area contributed by atoms with Gasteiger partial charge in [-0.3, -0.25) is 4.99 Å². The van der Waals surface area contributed by atoms with Crippen molar-refractivity contribution in [3.05, 3.63) is 29.8 Å². The molecule has 0 aliphatic rings. The second-order valence-electron chi connectivity index (χ2n) is 5.99. The number of aliphatic imine (C=N–C) groups is 1. The van der Waals surface area contributed by atoms with Crippen molar-refractivity contribution in [2.75, 3.05) is 0 Å². The molecule has 0 heterocycles. The number of hydrogen-bond donors (Lipinski definition) is 0. The lowest BCUT2D eigenvalue weighted by Crippen LogP contribution is -1.85. The summed E-state index contributed by atoms with van der Waals surface area (Å²) < 4.78 is 0. The molecule has 1 rings (SSSR count). The van der Waals surface area contributed by atoms with Gasteiger partial charge < -0.3 is 0 Å². The number of unbranched alkanes of at least 4 members (excludes halogenated alkanes) is 8. The van der Waals surface area contributed by atoms with Gasteiger partial charge in [-0.15, -0.1) is 0 Å². The van der Waals surface area contributed by atoms with Gasteiger partial charge in [0.25, 0.3) is 0 Å². The second kappa shape index (κ2) is 12.6. The van der Waals surface area contributed by atoms with Gasteiger partial charge in [0, 0.05) is 6.21 Å². The van der Waals surface area contributed by atoms with Crippen LogP contribution in [0.1, 0.15) is 83.6 Å². The van der Waals surface area contributed by atoms with E-state index in [-0.39, 0.29) is 0 Å². The molecule has 0 fully saturated rings. The van der Waals surface area contributed by atoms with E-state index in [0.717, 1.165) is 12.1 Å². The van der Waals surface area contributed by atoms with E-state index in [4.69, 9.17) is 0 Å². The Hall–Kier alpha value is -1.11. The minimum Gasteiger partial charge on any atom is -0.261 e. The maximum atomic E-state index is 4.55. The Morgan fingerprint density at radius 1 is 0.762 bits per heavy atom. The molecule has 0 saturated heterocycles. The van der Waals surface area contributed by atoms with Crippen LogP contribution in [-0.2, 0) is 6.42 Å². The predicted octanol–water partition coefficient (Wildman–Crippen LogP) is 6.87. The van der Waals surface area contributed by atoms with E-state index < -0.39 is 0 Å². The first-order chi connectivity index (χ1) is 10.4. The standard InChI is InChI=1S/C20H33N/c1-3-5-7-9-10-12-18-21-20-16-14-19(15-17-20)13-11-8-6-4-2/h14-18H,3-13H2,1-2H3. The van der Waals surface area contributed by atoms with E-state index in [0.29, 0.717) is 0 Å². The Kier molecular flexibility index (Phi) is 10.8. The van der Waals surface area contributed by atoms with Crippen LogP contribution in [0.15, 0.2) is 29.3 Å². The fraction of sp³-hybridized carbons (Fsp3) is 0.650. The zero-order chi connectivity index (χ0) is 15.2. The summed E-state index contributed by atoms with van der Waals surface area (Å²) in [5, 5.41) is 0. The summed E-state index contributed by atoms with van der Waals surface area (Å²) in [4.78, 5) is 4.55. The molecule has 1 heteroatoms. The number of hydrogen-bond acceptors (Lipinski definition) is 1. The molecular formula is C20H33N. The maximum Gasteiger partial charge on any atom is 0.0625 e. The van der Waals surface area contributed by atoms with Crippen LogP contribution in [0.25, 0.3) is 0 Å². The Balaban J connectivity index is 2.18. The molecule has 1 aromatic carbocycles. The third-order valence-electron chi connectivity index (χ3n) is 3.93. The quantitative estimate of drug-likeness (QED) is 0.294. The van der Waals surface area contributed by atoms with Crippen LogP contribution >= 0.6 is 0 Å². The molecule has 0 N–H and O–H groups in total. The van der Waals surface area contributed by atoms with E-state index in [1.807, 2.05) is 0 Å². The molecular weight excluding hydrogens is 254 g/mol. The molecule has 21 heavy (non-hydrogen) atoms. The van der Waals surface area contributed by atoms with Crippen LogP contribution < -0.4 is 0 Å². The predicted molar refractivity (Wildman–Crippen MR) is 95.8 cm³/mol. The third-order valence-corrected chi connectivity index (χ3v) is 3.93. The van der Waals surface area contributed by atoms with Gasteiger partial charge in [0.15, 0.2) is 0 Å². The SMILES string of the molecule is CCCCCCCC=Nc1ccc(CCCCCC)cc1. The molecule has 0 saturated carbocycles. The average molecular weight is 287 g/mol. The number of nitrogens with zero attached hydrogens (tertiary/aromatic N) is 1. The van der Waals surface area contributed by atoms with E-state index in [9.17, 15) is 0 Å². The van der Waals surface area contributed by atoms with Crippen LogP contribution in [-0.4, -0.2) is 6.21 Å². The van der Waals surface area contributed by atoms with E-state index in [1.54, 1.807) is 0 Å². The number of benzene rings is 1. The first kappa shape index (κ1) is 17.9. The van der Waals surface area contributed by atoms with Crippen LogP contribution in [0.2, 0.25) is 0 Å². The highest BCUT2D eigenvalue weighted by atomic mass is 14.7. The molecule has 0 unspecified atom stereocenters. The summed E-state index contributed by atoms with van der Waals surface area (Å²) in [7, 11) is 0. The highest BCUT2D eigenvalue weighted by Crippen LogP contribution is 2.15. The van der Waals surface area contributed by atoms with Crippen LogP contribution in [0.3, 0.4) is 0 Å². The van der Waals surface area contributed by atoms with Gasteiger partial charge in [-0.25, -0.2) is 0 Å². The Morgan fingerprint density at radius 2 is 1.38 bits per heavy atom. The summed E-state index contributed by atoms with van der Waals surface area (Å²) in [5.74, 6) is 0. The van der Waals surface area contributed by atoms with Crippen molar-refractivity contribution < 1.29 is 0 Å². The summed E-state index contributed by atoms with van der Waals surface area (Å²) in [6.45, 7) is 4.52. The third kappa shape index (κ3) is 9.44. The molecule has 0 spiro atoms. The summed E-state index contributed by atoms with van der Waals surface area (Å²) >= 11 is 0. The lowest BCUT2D eigenvalue weighted by molar-refractivity contribution is 0.645. The maximum absolute atomic E-state index is 4.55. The number of rotatable bonds is 12. The van der Waals surface area contributed by atoms with Gasteiger partial charge in [0.1, 0.15) is 0 Å². The second-order valence-corrected chi connectivity index (χ2v) is 5.99.